The Morgan fingerprint density at radius 3 is 2.65 bits per heavy atom. The van der Waals surface area contributed by atoms with Crippen LogP contribution in [0.25, 0.3) is 0 Å². The summed E-state index contributed by atoms with van der Waals surface area (Å²) >= 11 is 0. The lowest BCUT2D eigenvalue weighted by atomic mass is 10.1. The third kappa shape index (κ3) is 5.09. The molecule has 0 bridgehead atoms. The molecule has 23 heavy (non-hydrogen) atoms. The van der Waals surface area contributed by atoms with E-state index in [4.69, 9.17) is 9.47 Å². The molecular formula is C19H23NO3. The summed E-state index contributed by atoms with van der Waals surface area (Å²) in [6, 6.07) is 11.2. The van der Waals surface area contributed by atoms with E-state index in [-0.39, 0.29) is 5.78 Å². The van der Waals surface area contributed by atoms with E-state index in [1.807, 2.05) is 31.2 Å². The lowest BCUT2D eigenvalue weighted by Crippen LogP contribution is -2.04. The highest BCUT2D eigenvalue weighted by Crippen LogP contribution is 2.29. The number of hydrogen-bond acceptors (Lipinski definition) is 4. The Morgan fingerprint density at radius 2 is 1.96 bits per heavy atom. The van der Waals surface area contributed by atoms with Crippen LogP contribution in [0.4, 0.5) is 0 Å². The lowest BCUT2D eigenvalue weighted by molar-refractivity contribution is 0.0978. The third-order valence-corrected chi connectivity index (χ3v) is 3.36. The number of ketones is 1. The number of benzene rings is 1. The maximum absolute atomic E-state index is 12.1. The lowest BCUT2D eigenvalue weighted by Gasteiger charge is -2.13. The van der Waals surface area contributed by atoms with Gasteiger partial charge < -0.3 is 9.47 Å². The van der Waals surface area contributed by atoms with E-state index in [0.717, 1.165) is 23.5 Å². The first-order valence-electron chi connectivity index (χ1n) is 8.07. The van der Waals surface area contributed by atoms with Gasteiger partial charge in [-0.1, -0.05) is 19.1 Å². The summed E-state index contributed by atoms with van der Waals surface area (Å²) in [5.74, 6) is 1.55. The molecule has 1 aromatic heterocycles. The first-order valence-corrected chi connectivity index (χ1v) is 8.07. The predicted octanol–water partition coefficient (Wildman–Crippen LogP) is 4.08. The van der Waals surface area contributed by atoms with Gasteiger partial charge in [0.05, 0.1) is 13.2 Å². The van der Waals surface area contributed by atoms with Crippen molar-refractivity contribution in [1.82, 2.24) is 4.98 Å². The monoisotopic (exact) mass is 313 g/mol. The van der Waals surface area contributed by atoms with Crippen molar-refractivity contribution >= 4 is 5.78 Å². The van der Waals surface area contributed by atoms with Gasteiger partial charge in [-0.2, -0.15) is 0 Å². The number of aryl methyl sites for hydroxylation is 1. The van der Waals surface area contributed by atoms with Gasteiger partial charge >= 0.3 is 0 Å². The fraction of sp³-hybridized carbons (Fsp3) is 0.368. The van der Waals surface area contributed by atoms with Crippen LogP contribution in [0.1, 0.15) is 42.7 Å². The maximum Gasteiger partial charge on any atom is 0.181 e. The Balaban J connectivity index is 2.02. The average molecular weight is 313 g/mol. The molecule has 122 valence electrons. The number of rotatable bonds is 9. The minimum Gasteiger partial charge on any atom is -0.490 e. The molecule has 0 spiro atoms. The second kappa shape index (κ2) is 8.93. The van der Waals surface area contributed by atoms with Crippen LogP contribution in [0, 0.1) is 0 Å². The van der Waals surface area contributed by atoms with Crippen molar-refractivity contribution in [1.29, 1.82) is 0 Å². The van der Waals surface area contributed by atoms with Crippen molar-refractivity contribution in [2.45, 2.75) is 33.1 Å². The molecule has 4 nitrogen and oxygen atoms in total. The summed E-state index contributed by atoms with van der Waals surface area (Å²) in [6.07, 6.45) is 3.67. The van der Waals surface area contributed by atoms with Crippen molar-refractivity contribution in [2.24, 2.45) is 0 Å². The SMILES string of the molecule is CCCOc1ccc(CCC(=O)c2ccccn2)cc1OCC. The van der Waals surface area contributed by atoms with Gasteiger partial charge in [0.1, 0.15) is 5.69 Å². The summed E-state index contributed by atoms with van der Waals surface area (Å²) in [7, 11) is 0. The molecule has 0 N–H and O–H groups in total. The summed E-state index contributed by atoms with van der Waals surface area (Å²) in [5.41, 5.74) is 1.57. The van der Waals surface area contributed by atoms with Crippen LogP contribution >= 0.6 is 0 Å². The normalized spacial score (nSPS) is 10.3. The van der Waals surface area contributed by atoms with Gasteiger partial charge in [-0.3, -0.25) is 9.78 Å². The van der Waals surface area contributed by atoms with Crippen LogP contribution in [0.15, 0.2) is 42.6 Å². The molecule has 4 heteroatoms. The molecule has 1 heterocycles. The van der Waals surface area contributed by atoms with Crippen LogP contribution < -0.4 is 9.47 Å². The summed E-state index contributed by atoms with van der Waals surface area (Å²) in [4.78, 5) is 16.2. The van der Waals surface area contributed by atoms with Crippen LogP contribution in [0.5, 0.6) is 11.5 Å². The van der Waals surface area contributed by atoms with Gasteiger partial charge in [0.25, 0.3) is 0 Å². The molecular weight excluding hydrogens is 290 g/mol. The Hall–Kier alpha value is -2.36. The maximum atomic E-state index is 12.1. The molecule has 0 aliphatic heterocycles. The molecule has 0 amide bonds. The van der Waals surface area contributed by atoms with E-state index in [9.17, 15) is 4.79 Å². The van der Waals surface area contributed by atoms with E-state index in [1.165, 1.54) is 0 Å². The van der Waals surface area contributed by atoms with Gasteiger partial charge in [0.15, 0.2) is 17.3 Å². The van der Waals surface area contributed by atoms with Gasteiger partial charge in [0.2, 0.25) is 0 Å². The van der Waals surface area contributed by atoms with Gasteiger partial charge in [-0.25, -0.2) is 0 Å². The van der Waals surface area contributed by atoms with Crippen molar-refractivity contribution in [3.05, 3.63) is 53.9 Å². The molecule has 0 fully saturated rings. The Kier molecular flexibility index (Phi) is 6.60. The highest BCUT2D eigenvalue weighted by molar-refractivity contribution is 5.94. The number of carbonyl (C=O) groups is 1. The van der Waals surface area contributed by atoms with Gasteiger partial charge in [0, 0.05) is 12.6 Å². The first-order chi connectivity index (χ1) is 11.2. The minimum atomic E-state index is 0.0508. The summed E-state index contributed by atoms with van der Waals surface area (Å²) in [5, 5.41) is 0. The third-order valence-electron chi connectivity index (χ3n) is 3.36. The number of aromatic nitrogens is 1. The largest absolute Gasteiger partial charge is 0.490 e. The average Bonchev–Trinajstić information content (AvgIpc) is 2.60. The quantitative estimate of drug-likeness (QED) is 0.654. The van der Waals surface area contributed by atoms with Crippen molar-refractivity contribution in [3.63, 3.8) is 0 Å². The smallest absolute Gasteiger partial charge is 0.181 e. The molecule has 0 saturated heterocycles. The van der Waals surface area contributed by atoms with Crippen molar-refractivity contribution in [2.75, 3.05) is 13.2 Å². The van der Waals surface area contributed by atoms with Gasteiger partial charge in [-0.05, 0) is 49.6 Å². The number of ether oxygens (including phenoxy) is 2. The van der Waals surface area contributed by atoms with Crippen molar-refractivity contribution < 1.29 is 14.3 Å². The molecule has 0 aliphatic rings. The fourth-order valence-electron chi connectivity index (χ4n) is 2.22. The van der Waals surface area contributed by atoms with Crippen LogP contribution in [-0.4, -0.2) is 24.0 Å². The molecule has 2 aromatic rings. The molecule has 1 aromatic carbocycles. The standard InChI is InChI=1S/C19H23NO3/c1-3-13-23-18-11-9-15(14-19(18)22-4-2)8-10-17(21)16-7-5-6-12-20-16/h5-7,9,11-12,14H,3-4,8,10,13H2,1-2H3. The van der Waals surface area contributed by atoms with E-state index < -0.39 is 0 Å². The molecule has 0 unspecified atom stereocenters. The van der Waals surface area contributed by atoms with Gasteiger partial charge in [-0.15, -0.1) is 0 Å². The fourth-order valence-corrected chi connectivity index (χ4v) is 2.22. The van der Waals surface area contributed by atoms with E-state index in [2.05, 4.69) is 11.9 Å². The summed E-state index contributed by atoms with van der Waals surface area (Å²) in [6.45, 7) is 5.26. The molecule has 0 radical (unpaired) electrons. The zero-order valence-electron chi connectivity index (χ0n) is 13.7. The number of hydrogen-bond donors (Lipinski definition) is 0. The predicted molar refractivity (Wildman–Crippen MR) is 90.3 cm³/mol. The zero-order valence-corrected chi connectivity index (χ0v) is 13.7. The highest BCUT2D eigenvalue weighted by Gasteiger charge is 2.10. The van der Waals surface area contributed by atoms with Crippen molar-refractivity contribution in [3.8, 4) is 11.5 Å². The van der Waals surface area contributed by atoms with Crippen LogP contribution in [0.2, 0.25) is 0 Å². The van der Waals surface area contributed by atoms with E-state index in [1.54, 1.807) is 18.3 Å². The second-order valence-electron chi connectivity index (χ2n) is 5.20. The summed E-state index contributed by atoms with van der Waals surface area (Å²) < 4.78 is 11.3. The molecule has 0 aliphatic carbocycles. The highest BCUT2D eigenvalue weighted by atomic mass is 16.5. The minimum absolute atomic E-state index is 0.0508. The topological polar surface area (TPSA) is 48.4 Å². The van der Waals surface area contributed by atoms with E-state index in [0.29, 0.717) is 31.7 Å². The number of Topliss-reactive ketones (excluding diaryl/α,β-unsaturated/α-hetero) is 1. The Bertz CT molecular complexity index is 626. The van der Waals surface area contributed by atoms with Crippen LogP contribution in [-0.2, 0) is 6.42 Å². The Labute approximate surface area is 137 Å². The zero-order chi connectivity index (χ0) is 16.5. The molecule has 2 rings (SSSR count). The van der Waals surface area contributed by atoms with Crippen LogP contribution in [0.3, 0.4) is 0 Å². The molecule has 0 saturated carbocycles. The Morgan fingerprint density at radius 1 is 1.09 bits per heavy atom. The number of pyridine rings is 1. The number of carbonyl (C=O) groups excluding carboxylic acids is 1. The second-order valence-corrected chi connectivity index (χ2v) is 5.20. The first kappa shape index (κ1) is 17.0. The number of nitrogens with zero attached hydrogens (tertiary/aromatic N) is 1. The molecule has 0 atom stereocenters. The van der Waals surface area contributed by atoms with E-state index >= 15 is 0 Å².